The van der Waals surface area contributed by atoms with Gasteiger partial charge in [-0.05, 0) is 18.6 Å². The molecular weight excluding hydrogens is 242 g/mol. The number of carbonyl (C=O) groups excluding carboxylic acids is 1. The minimum Gasteiger partial charge on any atom is -0.396 e. The Balaban J connectivity index is 2.12. The van der Waals surface area contributed by atoms with Crippen molar-refractivity contribution in [2.24, 2.45) is 0 Å². The number of amides is 1. The first-order valence-corrected chi connectivity index (χ1v) is 6.09. The van der Waals surface area contributed by atoms with Crippen LogP contribution in [-0.4, -0.2) is 32.6 Å². The van der Waals surface area contributed by atoms with Crippen LogP contribution < -0.4 is 5.73 Å². The molecule has 6 heteroatoms. The molecule has 0 aliphatic heterocycles. The van der Waals surface area contributed by atoms with Crippen molar-refractivity contribution in [3.05, 3.63) is 42.0 Å². The smallest absolute Gasteiger partial charge is 0.276 e. The van der Waals surface area contributed by atoms with Crippen molar-refractivity contribution in [2.45, 2.75) is 20.0 Å². The summed E-state index contributed by atoms with van der Waals surface area (Å²) in [6.45, 7) is 3.11. The quantitative estimate of drug-likeness (QED) is 0.893. The molecule has 2 aromatic heterocycles. The predicted molar refractivity (Wildman–Crippen MR) is 72.3 cm³/mol. The second kappa shape index (κ2) is 5.51. The number of nitrogens with two attached hydrogens (primary N) is 1. The Hall–Kier alpha value is -2.37. The minimum atomic E-state index is -0.187. The van der Waals surface area contributed by atoms with Crippen molar-refractivity contribution < 1.29 is 4.79 Å². The zero-order valence-corrected chi connectivity index (χ0v) is 11.1. The SMILES string of the molecule is CCn1cc(N)c(C(=O)N(C)Cc2cccnc2)n1. The molecular formula is C13H17N5O. The molecule has 0 aromatic carbocycles. The molecule has 0 aliphatic carbocycles. The topological polar surface area (TPSA) is 77.0 Å². The Bertz CT molecular complexity index is 564. The Labute approximate surface area is 111 Å². The van der Waals surface area contributed by atoms with Crippen molar-refractivity contribution >= 4 is 11.6 Å². The van der Waals surface area contributed by atoms with Crippen LogP contribution in [0.3, 0.4) is 0 Å². The van der Waals surface area contributed by atoms with Crippen LogP contribution in [0.15, 0.2) is 30.7 Å². The van der Waals surface area contributed by atoms with E-state index < -0.39 is 0 Å². The van der Waals surface area contributed by atoms with Crippen LogP contribution in [0.25, 0.3) is 0 Å². The molecule has 1 amide bonds. The maximum atomic E-state index is 12.2. The lowest BCUT2D eigenvalue weighted by Gasteiger charge is -2.15. The fraction of sp³-hybridized carbons (Fsp3) is 0.308. The van der Waals surface area contributed by atoms with E-state index in [0.29, 0.717) is 24.5 Å². The van der Waals surface area contributed by atoms with Gasteiger partial charge < -0.3 is 10.6 Å². The van der Waals surface area contributed by atoms with Crippen LogP contribution in [0, 0.1) is 0 Å². The number of nitrogen functional groups attached to an aromatic ring is 1. The Morgan fingerprint density at radius 2 is 2.32 bits per heavy atom. The van der Waals surface area contributed by atoms with Crippen molar-refractivity contribution in [1.82, 2.24) is 19.7 Å². The van der Waals surface area contributed by atoms with Gasteiger partial charge in [-0.2, -0.15) is 5.10 Å². The van der Waals surface area contributed by atoms with Gasteiger partial charge in [0.2, 0.25) is 0 Å². The maximum Gasteiger partial charge on any atom is 0.276 e. The predicted octanol–water partition coefficient (Wildman–Crippen LogP) is 1.15. The van der Waals surface area contributed by atoms with Crippen molar-refractivity contribution in [3.8, 4) is 0 Å². The standard InChI is InChI=1S/C13H17N5O/c1-3-18-9-11(14)12(16-18)13(19)17(2)8-10-5-4-6-15-7-10/h4-7,9H,3,8,14H2,1-2H3. The van der Waals surface area contributed by atoms with Crippen LogP contribution in [0.5, 0.6) is 0 Å². The Morgan fingerprint density at radius 3 is 2.89 bits per heavy atom. The van der Waals surface area contributed by atoms with Gasteiger partial charge in [0.05, 0.1) is 5.69 Å². The molecule has 2 N–H and O–H groups in total. The first-order chi connectivity index (χ1) is 9.11. The van der Waals surface area contributed by atoms with E-state index in [4.69, 9.17) is 5.73 Å². The van der Waals surface area contributed by atoms with Gasteiger partial charge in [-0.3, -0.25) is 14.5 Å². The molecule has 0 bridgehead atoms. The van der Waals surface area contributed by atoms with Crippen LogP contribution in [-0.2, 0) is 13.1 Å². The molecule has 0 spiro atoms. The molecule has 0 unspecified atom stereocenters. The fourth-order valence-electron chi connectivity index (χ4n) is 1.78. The van der Waals surface area contributed by atoms with Gasteiger partial charge in [-0.15, -0.1) is 0 Å². The molecule has 0 radical (unpaired) electrons. The third-order valence-corrected chi connectivity index (χ3v) is 2.81. The molecule has 0 fully saturated rings. The number of rotatable bonds is 4. The lowest BCUT2D eigenvalue weighted by atomic mass is 10.2. The van der Waals surface area contributed by atoms with E-state index in [-0.39, 0.29) is 5.91 Å². The van der Waals surface area contributed by atoms with Gasteiger partial charge in [0.15, 0.2) is 5.69 Å². The lowest BCUT2D eigenvalue weighted by Crippen LogP contribution is -2.27. The van der Waals surface area contributed by atoms with Gasteiger partial charge in [-0.25, -0.2) is 0 Å². The normalized spacial score (nSPS) is 10.4. The maximum absolute atomic E-state index is 12.2. The molecule has 19 heavy (non-hydrogen) atoms. The number of hydrogen-bond acceptors (Lipinski definition) is 4. The monoisotopic (exact) mass is 259 g/mol. The summed E-state index contributed by atoms with van der Waals surface area (Å²) in [5, 5.41) is 4.18. The summed E-state index contributed by atoms with van der Waals surface area (Å²) in [5.74, 6) is -0.187. The molecule has 2 aromatic rings. The first kappa shape index (κ1) is 13.1. The molecule has 6 nitrogen and oxygen atoms in total. The number of aryl methyl sites for hydroxylation is 1. The van der Waals surface area contributed by atoms with Crippen LogP contribution in [0.2, 0.25) is 0 Å². The van der Waals surface area contributed by atoms with Crippen LogP contribution >= 0.6 is 0 Å². The van der Waals surface area contributed by atoms with Gasteiger partial charge in [0, 0.05) is 38.7 Å². The zero-order valence-electron chi connectivity index (χ0n) is 11.1. The second-order valence-electron chi connectivity index (χ2n) is 4.31. The Kier molecular flexibility index (Phi) is 3.79. The van der Waals surface area contributed by atoms with E-state index in [1.807, 2.05) is 19.1 Å². The van der Waals surface area contributed by atoms with Gasteiger partial charge in [0.25, 0.3) is 5.91 Å². The summed E-state index contributed by atoms with van der Waals surface area (Å²) in [7, 11) is 1.72. The highest BCUT2D eigenvalue weighted by Crippen LogP contribution is 2.13. The van der Waals surface area contributed by atoms with E-state index in [9.17, 15) is 4.79 Å². The van der Waals surface area contributed by atoms with Crippen LogP contribution in [0.4, 0.5) is 5.69 Å². The van der Waals surface area contributed by atoms with E-state index in [1.165, 1.54) is 0 Å². The number of anilines is 1. The first-order valence-electron chi connectivity index (χ1n) is 6.09. The largest absolute Gasteiger partial charge is 0.396 e. The summed E-state index contributed by atoms with van der Waals surface area (Å²) in [4.78, 5) is 17.9. The third kappa shape index (κ3) is 2.90. The highest BCUT2D eigenvalue weighted by atomic mass is 16.2. The molecule has 2 rings (SSSR count). The average molecular weight is 259 g/mol. The molecule has 100 valence electrons. The highest BCUT2D eigenvalue weighted by molar-refractivity contribution is 5.96. The van der Waals surface area contributed by atoms with Gasteiger partial charge >= 0.3 is 0 Å². The molecule has 0 saturated carbocycles. The number of hydrogen-bond donors (Lipinski definition) is 1. The summed E-state index contributed by atoms with van der Waals surface area (Å²) < 4.78 is 1.65. The number of aromatic nitrogens is 3. The summed E-state index contributed by atoms with van der Waals surface area (Å²) in [5.41, 5.74) is 7.48. The second-order valence-corrected chi connectivity index (χ2v) is 4.31. The molecule has 0 atom stereocenters. The van der Waals surface area contributed by atoms with Crippen molar-refractivity contribution in [3.63, 3.8) is 0 Å². The molecule has 2 heterocycles. The van der Waals surface area contributed by atoms with Gasteiger partial charge in [0.1, 0.15) is 0 Å². The third-order valence-electron chi connectivity index (χ3n) is 2.81. The van der Waals surface area contributed by atoms with E-state index in [2.05, 4.69) is 10.1 Å². The summed E-state index contributed by atoms with van der Waals surface area (Å²) in [6.07, 6.45) is 5.11. The van der Waals surface area contributed by atoms with Gasteiger partial charge in [-0.1, -0.05) is 6.07 Å². The van der Waals surface area contributed by atoms with E-state index in [1.54, 1.807) is 35.2 Å². The molecule has 0 saturated heterocycles. The molecule has 0 aliphatic rings. The van der Waals surface area contributed by atoms with Crippen molar-refractivity contribution in [2.75, 3.05) is 12.8 Å². The number of pyridine rings is 1. The van der Waals surface area contributed by atoms with E-state index in [0.717, 1.165) is 5.56 Å². The number of nitrogens with zero attached hydrogens (tertiary/aromatic N) is 4. The zero-order chi connectivity index (χ0) is 13.8. The average Bonchev–Trinajstić information content (AvgIpc) is 2.80. The lowest BCUT2D eigenvalue weighted by molar-refractivity contribution is 0.0779. The minimum absolute atomic E-state index is 0.187. The highest BCUT2D eigenvalue weighted by Gasteiger charge is 2.18. The Morgan fingerprint density at radius 1 is 1.53 bits per heavy atom. The van der Waals surface area contributed by atoms with E-state index >= 15 is 0 Å². The summed E-state index contributed by atoms with van der Waals surface area (Å²) >= 11 is 0. The number of carbonyl (C=O) groups is 1. The van der Waals surface area contributed by atoms with Crippen molar-refractivity contribution in [1.29, 1.82) is 0 Å². The fourth-order valence-corrected chi connectivity index (χ4v) is 1.78. The summed E-state index contributed by atoms with van der Waals surface area (Å²) in [6, 6.07) is 3.76. The van der Waals surface area contributed by atoms with Crippen LogP contribution in [0.1, 0.15) is 23.0 Å².